The molecule has 0 atom stereocenters. The van der Waals surface area contributed by atoms with Gasteiger partial charge in [0.25, 0.3) is 0 Å². The molecule has 3 rings (SSSR count). The lowest BCUT2D eigenvalue weighted by molar-refractivity contribution is 0.506. The van der Waals surface area contributed by atoms with Gasteiger partial charge < -0.3 is 10.6 Å². The van der Waals surface area contributed by atoms with Crippen molar-refractivity contribution >= 4 is 28.6 Å². The van der Waals surface area contributed by atoms with Crippen molar-refractivity contribution in [1.82, 2.24) is 0 Å². The maximum absolute atomic E-state index is 14.4. The van der Waals surface area contributed by atoms with Gasteiger partial charge in [0.1, 0.15) is 4.99 Å². The van der Waals surface area contributed by atoms with Gasteiger partial charge >= 0.3 is 0 Å². The summed E-state index contributed by atoms with van der Waals surface area (Å²) < 4.78 is 28.4. The number of nitrogens with two attached hydrogens (primary N) is 1. The van der Waals surface area contributed by atoms with Crippen molar-refractivity contribution in [3.8, 4) is 0 Å². The second-order valence-electron chi connectivity index (χ2n) is 5.01. The highest BCUT2D eigenvalue weighted by Crippen LogP contribution is 2.35. The highest BCUT2D eigenvalue weighted by atomic mass is 32.1. The maximum atomic E-state index is 14.4. The molecule has 21 heavy (non-hydrogen) atoms. The third kappa shape index (κ3) is 2.38. The number of nitrogens with zero attached hydrogens (tertiary/aromatic N) is 1. The van der Waals surface area contributed by atoms with Crippen LogP contribution in [0.5, 0.6) is 0 Å². The molecule has 2 aromatic carbocycles. The molecule has 0 fully saturated rings. The molecule has 2 nitrogen and oxygen atoms in total. The second kappa shape index (κ2) is 5.41. The van der Waals surface area contributed by atoms with Gasteiger partial charge in [-0.3, -0.25) is 0 Å². The number of rotatable bonds is 2. The lowest BCUT2D eigenvalue weighted by Crippen LogP contribution is -2.26. The Morgan fingerprint density at radius 1 is 1.05 bits per heavy atom. The second-order valence-corrected chi connectivity index (χ2v) is 5.45. The van der Waals surface area contributed by atoms with Crippen LogP contribution in [0.4, 0.5) is 20.2 Å². The van der Waals surface area contributed by atoms with Gasteiger partial charge in [-0.2, -0.15) is 0 Å². The van der Waals surface area contributed by atoms with E-state index < -0.39 is 11.6 Å². The van der Waals surface area contributed by atoms with Crippen molar-refractivity contribution in [2.75, 3.05) is 11.4 Å². The van der Waals surface area contributed by atoms with Crippen LogP contribution in [0, 0.1) is 11.6 Å². The molecule has 2 aromatic rings. The highest BCUT2D eigenvalue weighted by molar-refractivity contribution is 7.80. The molecule has 0 amide bonds. The van der Waals surface area contributed by atoms with Gasteiger partial charge in [0.15, 0.2) is 11.6 Å². The first kappa shape index (κ1) is 13.9. The molecule has 0 aromatic heterocycles. The van der Waals surface area contributed by atoms with Crippen LogP contribution in [0.1, 0.15) is 17.5 Å². The molecule has 0 aliphatic carbocycles. The highest BCUT2D eigenvalue weighted by Gasteiger charge is 2.23. The summed E-state index contributed by atoms with van der Waals surface area (Å²) >= 11 is 4.73. The molecule has 0 spiro atoms. The molecule has 0 unspecified atom stereocenters. The molecule has 0 saturated heterocycles. The fourth-order valence-electron chi connectivity index (χ4n) is 2.72. The van der Waals surface area contributed by atoms with E-state index in [2.05, 4.69) is 0 Å². The van der Waals surface area contributed by atoms with Gasteiger partial charge in [-0.05, 0) is 36.6 Å². The molecule has 1 heterocycles. The standard InChI is InChI=1S/C16H14F2N2S/c17-14-11(16(19)21)7-8-13(15(14)18)20-9-3-5-10-4-1-2-6-12(10)20/h1-2,4,6-8H,3,5,9H2,(H2,19,21). The van der Waals surface area contributed by atoms with E-state index in [9.17, 15) is 8.78 Å². The fourth-order valence-corrected chi connectivity index (χ4v) is 2.88. The molecule has 1 aliphatic heterocycles. The number of aryl methyl sites for hydroxylation is 1. The van der Waals surface area contributed by atoms with Gasteiger partial charge in [0.2, 0.25) is 0 Å². The zero-order valence-electron chi connectivity index (χ0n) is 11.3. The van der Waals surface area contributed by atoms with Gasteiger partial charge in [0.05, 0.1) is 5.69 Å². The van der Waals surface area contributed by atoms with Crippen LogP contribution in [0.25, 0.3) is 0 Å². The third-order valence-corrected chi connectivity index (χ3v) is 3.95. The summed E-state index contributed by atoms with van der Waals surface area (Å²) in [6, 6.07) is 10.8. The average Bonchev–Trinajstić information content (AvgIpc) is 2.49. The summed E-state index contributed by atoms with van der Waals surface area (Å²) in [6.07, 6.45) is 1.84. The van der Waals surface area contributed by atoms with E-state index in [1.165, 1.54) is 12.1 Å². The minimum Gasteiger partial charge on any atom is -0.389 e. The van der Waals surface area contributed by atoms with E-state index in [-0.39, 0.29) is 16.2 Å². The van der Waals surface area contributed by atoms with Gasteiger partial charge in [-0.1, -0.05) is 30.4 Å². The molecule has 0 bridgehead atoms. The van der Waals surface area contributed by atoms with Crippen molar-refractivity contribution in [3.05, 3.63) is 59.2 Å². The van der Waals surface area contributed by atoms with Crippen molar-refractivity contribution in [1.29, 1.82) is 0 Å². The Hall–Kier alpha value is -2.01. The van der Waals surface area contributed by atoms with E-state index in [1.54, 1.807) is 4.90 Å². The predicted octanol–water partition coefficient (Wildman–Crippen LogP) is 3.68. The number of thiocarbonyl (C=S) groups is 1. The van der Waals surface area contributed by atoms with Crippen LogP contribution in [0.2, 0.25) is 0 Å². The first-order chi connectivity index (χ1) is 10.1. The SMILES string of the molecule is NC(=S)c1ccc(N2CCCc3ccccc32)c(F)c1F. The Labute approximate surface area is 127 Å². The minimum atomic E-state index is -0.983. The van der Waals surface area contributed by atoms with Crippen LogP contribution in [0.15, 0.2) is 36.4 Å². The topological polar surface area (TPSA) is 29.3 Å². The number of benzene rings is 2. The van der Waals surface area contributed by atoms with E-state index in [4.69, 9.17) is 18.0 Å². The van der Waals surface area contributed by atoms with E-state index in [0.717, 1.165) is 24.1 Å². The van der Waals surface area contributed by atoms with Gasteiger partial charge in [-0.25, -0.2) is 8.78 Å². The van der Waals surface area contributed by atoms with E-state index in [0.29, 0.717) is 6.54 Å². The van der Waals surface area contributed by atoms with E-state index >= 15 is 0 Å². The Morgan fingerprint density at radius 3 is 2.57 bits per heavy atom. The number of halogens is 2. The number of hydrogen-bond donors (Lipinski definition) is 1. The first-order valence-electron chi connectivity index (χ1n) is 6.73. The maximum Gasteiger partial charge on any atom is 0.183 e. The summed E-state index contributed by atoms with van der Waals surface area (Å²) in [6.45, 7) is 0.653. The summed E-state index contributed by atoms with van der Waals surface area (Å²) in [5.41, 5.74) is 7.63. The molecule has 0 saturated carbocycles. The smallest absolute Gasteiger partial charge is 0.183 e. The number of anilines is 2. The van der Waals surface area contributed by atoms with Gasteiger partial charge in [0, 0.05) is 17.8 Å². The van der Waals surface area contributed by atoms with Crippen molar-refractivity contribution in [3.63, 3.8) is 0 Å². The molecule has 0 radical (unpaired) electrons. The quantitative estimate of drug-likeness (QED) is 0.858. The van der Waals surface area contributed by atoms with Crippen molar-refractivity contribution < 1.29 is 8.78 Å². The lowest BCUT2D eigenvalue weighted by Gasteiger charge is -2.31. The van der Waals surface area contributed by atoms with Crippen LogP contribution in [0.3, 0.4) is 0 Å². The largest absolute Gasteiger partial charge is 0.389 e. The van der Waals surface area contributed by atoms with Gasteiger partial charge in [-0.15, -0.1) is 0 Å². The Balaban J connectivity index is 2.11. The number of para-hydroxylation sites is 1. The monoisotopic (exact) mass is 304 g/mol. The zero-order chi connectivity index (χ0) is 15.0. The minimum absolute atomic E-state index is 0.0588. The summed E-state index contributed by atoms with van der Waals surface area (Å²) in [4.78, 5) is 1.66. The molecular weight excluding hydrogens is 290 g/mol. The molecular formula is C16H14F2N2S. The Bertz CT molecular complexity index is 715. The lowest BCUT2D eigenvalue weighted by atomic mass is 10.0. The third-order valence-electron chi connectivity index (χ3n) is 3.73. The van der Waals surface area contributed by atoms with Crippen molar-refractivity contribution in [2.24, 2.45) is 5.73 Å². The summed E-state index contributed by atoms with van der Waals surface area (Å²) in [5.74, 6) is -1.89. The predicted molar refractivity (Wildman–Crippen MR) is 84.0 cm³/mol. The van der Waals surface area contributed by atoms with Crippen LogP contribution >= 0.6 is 12.2 Å². The summed E-state index contributed by atoms with van der Waals surface area (Å²) in [7, 11) is 0. The molecule has 1 aliphatic rings. The Kier molecular flexibility index (Phi) is 3.59. The molecule has 5 heteroatoms. The molecule has 108 valence electrons. The summed E-state index contributed by atoms with van der Waals surface area (Å²) in [5, 5.41) is 0. The number of hydrogen-bond acceptors (Lipinski definition) is 2. The molecule has 2 N–H and O–H groups in total. The zero-order valence-corrected chi connectivity index (χ0v) is 12.1. The van der Waals surface area contributed by atoms with Crippen LogP contribution in [-0.2, 0) is 6.42 Å². The fraction of sp³-hybridized carbons (Fsp3) is 0.188. The van der Waals surface area contributed by atoms with Crippen molar-refractivity contribution in [2.45, 2.75) is 12.8 Å². The Morgan fingerprint density at radius 2 is 1.81 bits per heavy atom. The first-order valence-corrected chi connectivity index (χ1v) is 7.13. The van der Waals surface area contributed by atoms with Crippen LogP contribution < -0.4 is 10.6 Å². The van der Waals surface area contributed by atoms with Crippen LogP contribution in [-0.4, -0.2) is 11.5 Å². The normalized spacial score (nSPS) is 13.9. The average molecular weight is 304 g/mol. The van der Waals surface area contributed by atoms with E-state index in [1.807, 2.05) is 24.3 Å². The number of fused-ring (bicyclic) bond motifs is 1.